The summed E-state index contributed by atoms with van der Waals surface area (Å²) in [5, 5.41) is 7.90. The molecule has 2 amide bonds. The van der Waals surface area contributed by atoms with Crippen molar-refractivity contribution in [2.75, 3.05) is 26.2 Å². The van der Waals surface area contributed by atoms with E-state index in [1.165, 1.54) is 5.56 Å². The zero-order valence-corrected chi connectivity index (χ0v) is 14.4. The summed E-state index contributed by atoms with van der Waals surface area (Å²) in [5.74, 6) is -0.0916. The number of piperazine rings is 1. The van der Waals surface area contributed by atoms with Gasteiger partial charge in [-0.25, -0.2) is 0 Å². The van der Waals surface area contributed by atoms with Crippen LogP contribution in [-0.2, 0) is 9.59 Å². The van der Waals surface area contributed by atoms with Crippen molar-refractivity contribution in [1.29, 1.82) is 0 Å². The first-order valence-corrected chi connectivity index (χ1v) is 8.88. The zero-order chi connectivity index (χ0) is 16.9. The minimum Gasteiger partial charge on any atom is -0.354 e. The summed E-state index contributed by atoms with van der Waals surface area (Å²) in [7, 11) is 0. The molecular weight excluding hydrogens is 322 g/mol. The molecule has 2 aromatic rings. The molecule has 0 bridgehead atoms. The van der Waals surface area contributed by atoms with Gasteiger partial charge in [0.15, 0.2) is 0 Å². The van der Waals surface area contributed by atoms with E-state index in [-0.39, 0.29) is 30.9 Å². The normalized spacial score (nSPS) is 16.5. The Labute approximate surface area is 145 Å². The van der Waals surface area contributed by atoms with Gasteiger partial charge in [0.2, 0.25) is 11.8 Å². The number of benzene rings is 1. The first-order valence-electron chi connectivity index (χ1n) is 8.00. The highest BCUT2D eigenvalue weighted by atomic mass is 32.1. The highest BCUT2D eigenvalue weighted by Gasteiger charge is 2.22. The fourth-order valence-corrected chi connectivity index (χ4v) is 3.57. The van der Waals surface area contributed by atoms with Crippen molar-refractivity contribution in [3.8, 4) is 0 Å². The van der Waals surface area contributed by atoms with E-state index in [0.29, 0.717) is 13.1 Å². The van der Waals surface area contributed by atoms with Gasteiger partial charge in [0.1, 0.15) is 0 Å². The van der Waals surface area contributed by atoms with E-state index in [2.05, 4.69) is 22.8 Å². The molecule has 0 saturated carbocycles. The van der Waals surface area contributed by atoms with Gasteiger partial charge in [0, 0.05) is 18.0 Å². The van der Waals surface area contributed by atoms with E-state index in [1.54, 1.807) is 11.3 Å². The minimum absolute atomic E-state index is 0.0256. The van der Waals surface area contributed by atoms with Gasteiger partial charge in [0.25, 0.3) is 0 Å². The van der Waals surface area contributed by atoms with Crippen molar-refractivity contribution >= 4 is 23.2 Å². The predicted molar refractivity (Wildman–Crippen MR) is 94.9 cm³/mol. The number of carbonyl (C=O) groups excluding carboxylic acids is 2. The molecule has 5 nitrogen and oxygen atoms in total. The van der Waals surface area contributed by atoms with Crippen molar-refractivity contribution in [2.45, 2.75) is 13.0 Å². The van der Waals surface area contributed by atoms with Gasteiger partial charge < -0.3 is 10.6 Å². The first-order chi connectivity index (χ1) is 11.6. The van der Waals surface area contributed by atoms with Crippen molar-refractivity contribution in [3.05, 3.63) is 57.8 Å². The quantitative estimate of drug-likeness (QED) is 0.869. The smallest absolute Gasteiger partial charge is 0.234 e. The van der Waals surface area contributed by atoms with Crippen molar-refractivity contribution in [1.82, 2.24) is 15.5 Å². The Morgan fingerprint density at radius 3 is 2.79 bits per heavy atom. The van der Waals surface area contributed by atoms with Gasteiger partial charge >= 0.3 is 0 Å². The number of thiophene rings is 1. The summed E-state index contributed by atoms with van der Waals surface area (Å²) < 4.78 is 0. The third-order valence-electron chi connectivity index (χ3n) is 4.03. The van der Waals surface area contributed by atoms with Gasteiger partial charge in [-0.3, -0.25) is 14.5 Å². The average molecular weight is 343 g/mol. The Morgan fingerprint density at radius 2 is 2.12 bits per heavy atom. The SMILES string of the molecule is Cc1ccc([C@H](NC(=O)CN2CCNC(=O)C2)c2cccs2)cc1. The van der Waals surface area contributed by atoms with Crippen LogP contribution in [0.25, 0.3) is 0 Å². The second kappa shape index (κ2) is 7.59. The van der Waals surface area contributed by atoms with E-state index in [0.717, 1.165) is 10.4 Å². The number of carbonyl (C=O) groups is 2. The van der Waals surface area contributed by atoms with Crippen LogP contribution in [0.15, 0.2) is 41.8 Å². The second-order valence-electron chi connectivity index (χ2n) is 5.99. The van der Waals surface area contributed by atoms with E-state index < -0.39 is 0 Å². The molecule has 1 aromatic carbocycles. The number of nitrogens with one attached hydrogen (secondary N) is 2. The fourth-order valence-electron chi connectivity index (χ4n) is 2.77. The summed E-state index contributed by atoms with van der Waals surface area (Å²) in [4.78, 5) is 26.9. The highest BCUT2D eigenvalue weighted by molar-refractivity contribution is 7.10. The molecule has 1 aromatic heterocycles. The van der Waals surface area contributed by atoms with Gasteiger partial charge in [-0.05, 0) is 23.9 Å². The molecule has 1 fully saturated rings. The van der Waals surface area contributed by atoms with Crippen LogP contribution in [0.2, 0.25) is 0 Å². The molecule has 0 aliphatic carbocycles. The lowest BCUT2D eigenvalue weighted by Gasteiger charge is -2.27. The van der Waals surface area contributed by atoms with Crippen LogP contribution < -0.4 is 10.6 Å². The molecule has 1 aliphatic rings. The third-order valence-corrected chi connectivity index (χ3v) is 4.97. The summed E-state index contributed by atoms with van der Waals surface area (Å²) in [6, 6.07) is 12.1. The molecule has 24 heavy (non-hydrogen) atoms. The Morgan fingerprint density at radius 1 is 1.33 bits per heavy atom. The van der Waals surface area contributed by atoms with E-state index in [4.69, 9.17) is 0 Å². The topological polar surface area (TPSA) is 61.4 Å². The highest BCUT2D eigenvalue weighted by Crippen LogP contribution is 2.26. The largest absolute Gasteiger partial charge is 0.354 e. The van der Waals surface area contributed by atoms with Crippen LogP contribution in [0.3, 0.4) is 0 Å². The van der Waals surface area contributed by atoms with Gasteiger partial charge in [-0.1, -0.05) is 35.9 Å². The zero-order valence-electron chi connectivity index (χ0n) is 13.6. The number of hydrogen-bond donors (Lipinski definition) is 2. The number of amides is 2. The maximum Gasteiger partial charge on any atom is 0.234 e. The number of nitrogens with zero attached hydrogens (tertiary/aromatic N) is 1. The van der Waals surface area contributed by atoms with Crippen LogP contribution in [0.1, 0.15) is 22.0 Å². The van der Waals surface area contributed by atoms with Crippen LogP contribution in [0.5, 0.6) is 0 Å². The molecule has 1 atom stereocenters. The average Bonchev–Trinajstić information content (AvgIpc) is 3.08. The van der Waals surface area contributed by atoms with E-state index in [9.17, 15) is 9.59 Å². The van der Waals surface area contributed by atoms with Gasteiger partial charge in [0.05, 0.1) is 19.1 Å². The Hall–Kier alpha value is -2.18. The molecule has 1 saturated heterocycles. The Balaban J connectivity index is 1.71. The molecule has 6 heteroatoms. The van der Waals surface area contributed by atoms with E-state index in [1.807, 2.05) is 41.5 Å². The van der Waals surface area contributed by atoms with Gasteiger partial charge in [-0.15, -0.1) is 11.3 Å². The molecule has 2 N–H and O–H groups in total. The van der Waals surface area contributed by atoms with Crippen molar-refractivity contribution in [3.63, 3.8) is 0 Å². The standard InChI is InChI=1S/C18H21N3O2S/c1-13-4-6-14(7-5-13)18(15-3-2-10-24-15)20-17(23)12-21-9-8-19-16(22)11-21/h2-7,10,18H,8-9,11-12H2,1H3,(H,19,22)(H,20,23)/t18-/m0/s1. The molecule has 0 spiro atoms. The van der Waals surface area contributed by atoms with Crippen molar-refractivity contribution < 1.29 is 9.59 Å². The summed E-state index contributed by atoms with van der Waals surface area (Å²) in [5.41, 5.74) is 2.25. The summed E-state index contributed by atoms with van der Waals surface area (Å²) in [6.45, 7) is 3.86. The van der Waals surface area contributed by atoms with Crippen LogP contribution in [0, 0.1) is 6.92 Å². The van der Waals surface area contributed by atoms with Crippen LogP contribution in [0.4, 0.5) is 0 Å². The van der Waals surface area contributed by atoms with Gasteiger partial charge in [-0.2, -0.15) is 0 Å². The van der Waals surface area contributed by atoms with Crippen LogP contribution >= 0.6 is 11.3 Å². The lowest BCUT2D eigenvalue weighted by molar-refractivity contribution is -0.127. The third kappa shape index (κ3) is 4.21. The molecule has 126 valence electrons. The molecule has 3 rings (SSSR count). The molecule has 1 aliphatic heterocycles. The lowest BCUT2D eigenvalue weighted by Crippen LogP contribution is -2.50. The minimum atomic E-state index is -0.156. The second-order valence-corrected chi connectivity index (χ2v) is 6.97. The molecule has 2 heterocycles. The lowest BCUT2D eigenvalue weighted by atomic mass is 10.0. The molecular formula is C18H21N3O2S. The summed E-state index contributed by atoms with van der Waals surface area (Å²) in [6.07, 6.45) is 0. The summed E-state index contributed by atoms with van der Waals surface area (Å²) >= 11 is 1.63. The number of hydrogen-bond acceptors (Lipinski definition) is 4. The fraction of sp³-hybridized carbons (Fsp3) is 0.333. The monoisotopic (exact) mass is 343 g/mol. The van der Waals surface area contributed by atoms with Crippen molar-refractivity contribution in [2.24, 2.45) is 0 Å². The first kappa shape index (κ1) is 16.7. The predicted octanol–water partition coefficient (Wildman–Crippen LogP) is 1.69. The van der Waals surface area contributed by atoms with E-state index >= 15 is 0 Å². The number of aryl methyl sites for hydroxylation is 1. The molecule has 0 unspecified atom stereocenters. The molecule has 0 radical (unpaired) electrons. The maximum absolute atomic E-state index is 12.5. The van der Waals surface area contributed by atoms with Crippen LogP contribution in [-0.4, -0.2) is 42.9 Å². The number of rotatable bonds is 5. The Bertz CT molecular complexity index is 698. The maximum atomic E-state index is 12.5. The Kier molecular flexibility index (Phi) is 5.27.